The van der Waals surface area contributed by atoms with Gasteiger partial charge in [0.1, 0.15) is 12.0 Å². The summed E-state index contributed by atoms with van der Waals surface area (Å²) in [6.07, 6.45) is 1.07. The van der Waals surface area contributed by atoms with Gasteiger partial charge in [-0.25, -0.2) is 0 Å². The van der Waals surface area contributed by atoms with Crippen molar-refractivity contribution in [3.8, 4) is 11.4 Å². The average molecular weight is 394 g/mol. The van der Waals surface area contributed by atoms with Gasteiger partial charge in [-0.05, 0) is 42.3 Å². The summed E-state index contributed by atoms with van der Waals surface area (Å²) < 4.78 is 5.08. The normalized spacial score (nSPS) is 19.9. The number of hydrogen-bond acceptors (Lipinski definition) is 6. The molecule has 27 heavy (non-hydrogen) atoms. The highest BCUT2D eigenvalue weighted by Crippen LogP contribution is 2.31. The Labute approximate surface area is 160 Å². The Morgan fingerprint density at radius 1 is 1.33 bits per heavy atom. The largest absolute Gasteiger partial charge is 0.481 e. The molecule has 10 heteroatoms. The number of amides is 1. The van der Waals surface area contributed by atoms with Gasteiger partial charge in [0.15, 0.2) is 0 Å². The maximum atomic E-state index is 12.6. The van der Waals surface area contributed by atoms with Crippen molar-refractivity contribution in [1.82, 2.24) is 25.1 Å². The molecule has 0 spiro atoms. The lowest BCUT2D eigenvalue weighted by atomic mass is 9.80. The Hall–Kier alpha value is -2.52. The Morgan fingerprint density at radius 2 is 2.07 bits per heavy atom. The predicted octanol–water partition coefficient (Wildman–Crippen LogP) is 1.33. The first-order chi connectivity index (χ1) is 12.9. The number of tetrazole rings is 1. The number of aromatic nitrogens is 4. The number of benzene rings is 1. The van der Waals surface area contributed by atoms with E-state index in [-0.39, 0.29) is 25.6 Å². The van der Waals surface area contributed by atoms with Crippen molar-refractivity contribution in [3.05, 3.63) is 29.3 Å². The fourth-order valence-corrected chi connectivity index (χ4v) is 3.35. The van der Waals surface area contributed by atoms with Crippen LogP contribution >= 0.6 is 11.6 Å². The second-order valence-electron chi connectivity index (χ2n) is 6.59. The molecule has 2 heterocycles. The number of halogens is 1. The van der Waals surface area contributed by atoms with Gasteiger partial charge in [0.25, 0.3) is 0 Å². The highest BCUT2D eigenvalue weighted by molar-refractivity contribution is 6.30. The summed E-state index contributed by atoms with van der Waals surface area (Å²) in [6.45, 7) is 0.557. The van der Waals surface area contributed by atoms with Crippen LogP contribution < -0.4 is 0 Å². The molecule has 1 amide bonds. The summed E-state index contributed by atoms with van der Waals surface area (Å²) in [5, 5.41) is 22.3. The molecule has 0 radical (unpaired) electrons. The van der Waals surface area contributed by atoms with E-state index < -0.39 is 11.4 Å². The molecule has 3 rings (SSSR count). The van der Waals surface area contributed by atoms with Gasteiger partial charge >= 0.3 is 5.97 Å². The maximum Gasteiger partial charge on any atom is 0.313 e. The Bertz CT molecular complexity index is 821. The van der Waals surface area contributed by atoms with Crippen LogP contribution in [0.1, 0.15) is 12.8 Å². The summed E-state index contributed by atoms with van der Waals surface area (Å²) in [4.78, 5) is 27.1. The molecule has 2 aromatic rings. The van der Waals surface area contributed by atoms with Gasteiger partial charge in [0, 0.05) is 30.8 Å². The third-order valence-electron chi connectivity index (χ3n) is 4.64. The number of hydrogen-bond donors (Lipinski definition) is 1. The molecule has 1 atom stereocenters. The lowest BCUT2D eigenvalue weighted by molar-refractivity contribution is -0.159. The first-order valence-electron chi connectivity index (χ1n) is 8.47. The van der Waals surface area contributed by atoms with Crippen LogP contribution in [0.25, 0.3) is 11.4 Å². The van der Waals surface area contributed by atoms with Crippen LogP contribution in [0.15, 0.2) is 24.3 Å². The van der Waals surface area contributed by atoms with Gasteiger partial charge in [-0.15, -0.1) is 10.2 Å². The van der Waals surface area contributed by atoms with Gasteiger partial charge in [-0.1, -0.05) is 11.6 Å². The molecule has 1 fully saturated rings. The minimum atomic E-state index is -1.08. The Kier molecular flexibility index (Phi) is 5.71. The zero-order valence-corrected chi connectivity index (χ0v) is 15.6. The number of ether oxygens (including phenoxy) is 1. The van der Waals surface area contributed by atoms with Crippen molar-refractivity contribution in [1.29, 1.82) is 0 Å². The van der Waals surface area contributed by atoms with E-state index in [4.69, 9.17) is 16.3 Å². The van der Waals surface area contributed by atoms with E-state index in [0.29, 0.717) is 30.2 Å². The lowest BCUT2D eigenvalue weighted by Crippen LogP contribution is -2.52. The summed E-state index contributed by atoms with van der Waals surface area (Å²) >= 11 is 5.86. The number of nitrogens with zero attached hydrogens (tertiary/aromatic N) is 5. The second-order valence-corrected chi connectivity index (χ2v) is 7.02. The summed E-state index contributed by atoms with van der Waals surface area (Å²) in [5.41, 5.74) is -0.339. The van der Waals surface area contributed by atoms with Crippen molar-refractivity contribution in [2.75, 3.05) is 26.8 Å². The number of carboxylic acids is 1. The molecule has 1 aromatic carbocycles. The van der Waals surface area contributed by atoms with E-state index in [1.54, 1.807) is 24.3 Å². The van der Waals surface area contributed by atoms with Crippen LogP contribution in [-0.2, 0) is 20.9 Å². The third kappa shape index (κ3) is 4.25. The monoisotopic (exact) mass is 393 g/mol. The number of piperidine rings is 1. The quantitative estimate of drug-likeness (QED) is 0.788. The third-order valence-corrected chi connectivity index (χ3v) is 4.89. The molecular weight excluding hydrogens is 374 g/mol. The minimum Gasteiger partial charge on any atom is -0.481 e. The van der Waals surface area contributed by atoms with Crippen molar-refractivity contribution in [2.24, 2.45) is 5.41 Å². The fraction of sp³-hybridized carbons (Fsp3) is 0.471. The van der Waals surface area contributed by atoms with Crippen molar-refractivity contribution in [3.63, 3.8) is 0 Å². The molecule has 1 aliphatic rings. The molecule has 9 nitrogen and oxygen atoms in total. The van der Waals surface area contributed by atoms with Crippen LogP contribution in [0.5, 0.6) is 0 Å². The molecule has 1 aliphatic heterocycles. The van der Waals surface area contributed by atoms with Crippen molar-refractivity contribution in [2.45, 2.75) is 19.4 Å². The second kappa shape index (κ2) is 8.01. The SMILES string of the molecule is COCC1(C(=O)O)CCCN(C(=O)Cn2nnc(-c3ccc(Cl)cc3)n2)C1. The van der Waals surface area contributed by atoms with Gasteiger partial charge in [-0.2, -0.15) is 4.80 Å². The molecular formula is C17H20ClN5O4. The van der Waals surface area contributed by atoms with Gasteiger partial charge in [0.2, 0.25) is 11.7 Å². The van der Waals surface area contributed by atoms with Gasteiger partial charge in [-0.3, -0.25) is 9.59 Å². The highest BCUT2D eigenvalue weighted by Gasteiger charge is 2.43. The summed E-state index contributed by atoms with van der Waals surface area (Å²) in [5.74, 6) is -0.820. The molecule has 1 N–H and O–H groups in total. The van der Waals surface area contributed by atoms with E-state index in [1.165, 1.54) is 16.8 Å². The number of aliphatic carboxylic acids is 1. The van der Waals surface area contributed by atoms with E-state index in [9.17, 15) is 14.7 Å². The topological polar surface area (TPSA) is 110 Å². The first-order valence-corrected chi connectivity index (χ1v) is 8.85. The molecule has 0 aliphatic carbocycles. The Morgan fingerprint density at radius 3 is 2.74 bits per heavy atom. The van der Waals surface area contributed by atoms with E-state index in [2.05, 4.69) is 15.4 Å². The number of likely N-dealkylation sites (tertiary alicyclic amines) is 1. The van der Waals surface area contributed by atoms with Crippen LogP contribution in [0.2, 0.25) is 5.02 Å². The highest BCUT2D eigenvalue weighted by atomic mass is 35.5. The molecule has 0 saturated carbocycles. The van der Waals surface area contributed by atoms with Crippen LogP contribution in [0.4, 0.5) is 0 Å². The zero-order valence-electron chi connectivity index (χ0n) is 14.8. The maximum absolute atomic E-state index is 12.6. The van der Waals surface area contributed by atoms with E-state index in [0.717, 1.165) is 5.56 Å². The molecule has 144 valence electrons. The van der Waals surface area contributed by atoms with E-state index in [1.807, 2.05) is 0 Å². The van der Waals surface area contributed by atoms with Crippen LogP contribution in [0, 0.1) is 5.41 Å². The summed E-state index contributed by atoms with van der Waals surface area (Å²) in [6, 6.07) is 6.97. The van der Waals surface area contributed by atoms with E-state index >= 15 is 0 Å². The lowest BCUT2D eigenvalue weighted by Gasteiger charge is -2.39. The number of rotatable bonds is 6. The number of methoxy groups -OCH3 is 1. The molecule has 1 aromatic heterocycles. The summed E-state index contributed by atoms with van der Waals surface area (Å²) in [7, 11) is 1.46. The van der Waals surface area contributed by atoms with Crippen LogP contribution in [0.3, 0.4) is 0 Å². The van der Waals surface area contributed by atoms with Gasteiger partial charge < -0.3 is 14.7 Å². The number of carboxylic acid groups (broad SMARTS) is 1. The standard InChI is InChI=1S/C17H20ClN5O4/c1-27-11-17(16(25)26)7-2-8-22(10-17)14(24)9-23-20-15(19-21-23)12-3-5-13(18)6-4-12/h3-6H,2,7-11H2,1H3,(H,25,26). The average Bonchev–Trinajstić information content (AvgIpc) is 3.11. The van der Waals surface area contributed by atoms with Crippen molar-refractivity contribution >= 4 is 23.5 Å². The van der Waals surface area contributed by atoms with Gasteiger partial charge in [0.05, 0.1) is 6.61 Å². The minimum absolute atomic E-state index is 0.0639. The smallest absolute Gasteiger partial charge is 0.313 e. The fourth-order valence-electron chi connectivity index (χ4n) is 3.22. The molecule has 0 bridgehead atoms. The zero-order chi connectivity index (χ0) is 19.4. The van der Waals surface area contributed by atoms with Crippen LogP contribution in [-0.4, -0.2) is 68.9 Å². The molecule has 1 unspecified atom stereocenters. The Balaban J connectivity index is 1.68. The predicted molar refractivity (Wildman–Crippen MR) is 96.0 cm³/mol. The first kappa shape index (κ1) is 19.2. The molecule has 1 saturated heterocycles. The van der Waals surface area contributed by atoms with Crippen molar-refractivity contribution < 1.29 is 19.4 Å². The number of carbonyl (C=O) groups excluding carboxylic acids is 1. The number of carbonyl (C=O) groups is 2.